The van der Waals surface area contributed by atoms with Gasteiger partial charge in [0.2, 0.25) is 5.88 Å². The maximum Gasteiger partial charge on any atom is 0.214 e. The predicted molar refractivity (Wildman–Crippen MR) is 132 cm³/mol. The zero-order chi connectivity index (χ0) is 23.9. The Morgan fingerprint density at radius 3 is 2.68 bits per heavy atom. The van der Waals surface area contributed by atoms with Crippen molar-refractivity contribution < 1.29 is 14.2 Å². The van der Waals surface area contributed by atoms with Gasteiger partial charge >= 0.3 is 0 Å². The van der Waals surface area contributed by atoms with Gasteiger partial charge < -0.3 is 24.4 Å². The summed E-state index contributed by atoms with van der Waals surface area (Å²) in [6.07, 6.45) is 6.35. The Morgan fingerprint density at radius 2 is 1.94 bits per heavy atom. The van der Waals surface area contributed by atoms with Crippen LogP contribution < -0.4 is 19.5 Å². The average molecular weight is 482 g/mol. The van der Waals surface area contributed by atoms with Gasteiger partial charge in [-0.05, 0) is 44.5 Å². The highest BCUT2D eigenvalue weighted by atomic mass is 35.5. The first-order valence-corrected chi connectivity index (χ1v) is 11.7. The lowest BCUT2D eigenvalue weighted by Crippen LogP contribution is -2.31. The quantitative estimate of drug-likeness (QED) is 0.418. The van der Waals surface area contributed by atoms with E-state index in [1.54, 1.807) is 19.2 Å². The van der Waals surface area contributed by atoms with Gasteiger partial charge in [0.15, 0.2) is 17.3 Å². The van der Waals surface area contributed by atoms with E-state index in [1.807, 2.05) is 12.1 Å². The molecule has 4 rings (SSSR count). The number of halogens is 1. The Balaban J connectivity index is 1.59. The zero-order valence-electron chi connectivity index (χ0n) is 19.4. The molecule has 0 spiro atoms. The summed E-state index contributed by atoms with van der Waals surface area (Å²) in [4.78, 5) is 11.3. The number of nitrogens with one attached hydrogen (secondary N) is 1. The SMILES string of the molecule is COc1ccc(Cl)c(Nc2c(C#N)cnc3cc(OCCCN4CCCCC4)c(OC)cc23)n1. The number of piperidine rings is 1. The Kier molecular flexibility index (Phi) is 7.88. The molecule has 1 aliphatic rings. The van der Waals surface area contributed by atoms with Crippen molar-refractivity contribution >= 4 is 34.0 Å². The third kappa shape index (κ3) is 5.44. The van der Waals surface area contributed by atoms with Crippen LogP contribution in [0.15, 0.2) is 30.5 Å². The normalized spacial score (nSPS) is 13.9. The third-order valence-corrected chi connectivity index (χ3v) is 6.18. The number of likely N-dealkylation sites (tertiary alicyclic amines) is 1. The zero-order valence-corrected chi connectivity index (χ0v) is 20.2. The van der Waals surface area contributed by atoms with Crippen LogP contribution in [0, 0.1) is 11.3 Å². The Morgan fingerprint density at radius 1 is 1.12 bits per heavy atom. The Bertz CT molecular complexity index is 1190. The van der Waals surface area contributed by atoms with E-state index >= 15 is 0 Å². The largest absolute Gasteiger partial charge is 0.493 e. The Hall–Kier alpha value is -3.28. The smallest absolute Gasteiger partial charge is 0.214 e. The summed E-state index contributed by atoms with van der Waals surface area (Å²) in [6.45, 7) is 3.96. The van der Waals surface area contributed by atoms with E-state index in [0.717, 1.165) is 13.0 Å². The molecule has 1 fully saturated rings. The van der Waals surface area contributed by atoms with E-state index in [4.69, 9.17) is 25.8 Å². The molecule has 1 saturated heterocycles. The number of nitriles is 1. The molecule has 0 radical (unpaired) electrons. The number of hydrogen-bond donors (Lipinski definition) is 1. The number of benzene rings is 1. The minimum atomic E-state index is 0.352. The number of rotatable bonds is 9. The lowest BCUT2D eigenvalue weighted by Gasteiger charge is -2.26. The van der Waals surface area contributed by atoms with Gasteiger partial charge in [-0.1, -0.05) is 18.0 Å². The molecule has 0 amide bonds. The molecule has 8 nitrogen and oxygen atoms in total. The maximum atomic E-state index is 9.69. The molecule has 0 unspecified atom stereocenters. The second-order valence-corrected chi connectivity index (χ2v) is 8.50. The van der Waals surface area contributed by atoms with Crippen LogP contribution in [0.2, 0.25) is 5.02 Å². The van der Waals surface area contributed by atoms with E-state index in [9.17, 15) is 5.26 Å². The van der Waals surface area contributed by atoms with Crippen molar-refractivity contribution in [3.63, 3.8) is 0 Å². The summed E-state index contributed by atoms with van der Waals surface area (Å²) >= 11 is 6.33. The fraction of sp³-hybridized carbons (Fsp3) is 0.400. The monoisotopic (exact) mass is 481 g/mol. The maximum absolute atomic E-state index is 9.69. The number of anilines is 2. The molecule has 0 saturated carbocycles. The molecule has 178 valence electrons. The summed E-state index contributed by atoms with van der Waals surface area (Å²) in [7, 11) is 3.12. The van der Waals surface area contributed by atoms with Crippen LogP contribution in [-0.2, 0) is 0 Å². The molecule has 1 aromatic carbocycles. The van der Waals surface area contributed by atoms with Gasteiger partial charge in [-0.2, -0.15) is 10.2 Å². The standard InChI is InChI=1S/C25H28ClN5O3/c1-32-21-13-18-20(14-22(21)34-12-6-11-31-9-4-3-5-10-31)28-16-17(15-27)24(18)30-25-19(26)7-8-23(29-25)33-2/h7-8,13-14,16H,3-6,9-12H2,1-2H3,(H,28,29,30). The summed E-state index contributed by atoms with van der Waals surface area (Å²) in [5.41, 5.74) is 1.54. The van der Waals surface area contributed by atoms with Crippen molar-refractivity contribution in [3.05, 3.63) is 41.0 Å². The minimum Gasteiger partial charge on any atom is -0.493 e. The van der Waals surface area contributed by atoms with E-state index in [1.165, 1.54) is 45.7 Å². The van der Waals surface area contributed by atoms with Gasteiger partial charge in [-0.25, -0.2) is 0 Å². The molecule has 0 atom stereocenters. The van der Waals surface area contributed by atoms with Crippen molar-refractivity contribution in [2.75, 3.05) is 45.8 Å². The molecular formula is C25H28ClN5O3. The number of hydrogen-bond acceptors (Lipinski definition) is 8. The van der Waals surface area contributed by atoms with Crippen LogP contribution in [0.5, 0.6) is 17.4 Å². The van der Waals surface area contributed by atoms with Gasteiger partial charge in [-0.3, -0.25) is 4.98 Å². The predicted octanol–water partition coefficient (Wildman–Crippen LogP) is 5.17. The van der Waals surface area contributed by atoms with Crippen LogP contribution in [-0.4, -0.2) is 55.3 Å². The number of aromatic nitrogens is 2. The molecule has 1 aliphatic heterocycles. The van der Waals surface area contributed by atoms with Crippen molar-refractivity contribution in [1.82, 2.24) is 14.9 Å². The van der Waals surface area contributed by atoms with E-state index < -0.39 is 0 Å². The van der Waals surface area contributed by atoms with E-state index in [0.29, 0.717) is 57.0 Å². The average Bonchev–Trinajstić information content (AvgIpc) is 2.88. The summed E-state index contributed by atoms with van der Waals surface area (Å²) in [5, 5.41) is 14.0. The molecular weight excluding hydrogens is 454 g/mol. The fourth-order valence-corrected chi connectivity index (χ4v) is 4.24. The molecule has 0 aliphatic carbocycles. The van der Waals surface area contributed by atoms with E-state index in [2.05, 4.69) is 26.3 Å². The van der Waals surface area contributed by atoms with Crippen LogP contribution in [0.25, 0.3) is 10.9 Å². The van der Waals surface area contributed by atoms with Gasteiger partial charge in [-0.15, -0.1) is 0 Å². The van der Waals surface area contributed by atoms with Crippen LogP contribution in [0.3, 0.4) is 0 Å². The highest BCUT2D eigenvalue weighted by molar-refractivity contribution is 6.33. The van der Waals surface area contributed by atoms with Crippen molar-refractivity contribution in [2.24, 2.45) is 0 Å². The third-order valence-electron chi connectivity index (χ3n) is 5.87. The van der Waals surface area contributed by atoms with Crippen LogP contribution in [0.1, 0.15) is 31.2 Å². The molecule has 0 bridgehead atoms. The number of ether oxygens (including phenoxy) is 3. The number of fused-ring (bicyclic) bond motifs is 1. The van der Waals surface area contributed by atoms with Crippen molar-refractivity contribution in [3.8, 4) is 23.4 Å². The van der Waals surface area contributed by atoms with Gasteiger partial charge in [0.1, 0.15) is 6.07 Å². The fourth-order valence-electron chi connectivity index (χ4n) is 4.09. The highest BCUT2D eigenvalue weighted by Crippen LogP contribution is 2.38. The van der Waals surface area contributed by atoms with Crippen molar-refractivity contribution in [2.45, 2.75) is 25.7 Å². The molecule has 3 aromatic rings. The van der Waals surface area contributed by atoms with Crippen LogP contribution in [0.4, 0.5) is 11.5 Å². The number of nitrogens with zero attached hydrogens (tertiary/aromatic N) is 4. The first-order chi connectivity index (χ1) is 16.6. The molecule has 3 heterocycles. The van der Waals surface area contributed by atoms with E-state index in [-0.39, 0.29) is 0 Å². The van der Waals surface area contributed by atoms with Crippen LogP contribution >= 0.6 is 11.6 Å². The molecule has 1 N–H and O–H groups in total. The number of pyridine rings is 2. The topological polar surface area (TPSA) is 92.5 Å². The van der Waals surface area contributed by atoms with Gasteiger partial charge in [0.05, 0.1) is 42.6 Å². The molecule has 34 heavy (non-hydrogen) atoms. The summed E-state index contributed by atoms with van der Waals surface area (Å²) in [5.74, 6) is 1.97. The molecule has 9 heteroatoms. The Labute approximate surface area is 204 Å². The molecule has 2 aromatic heterocycles. The van der Waals surface area contributed by atoms with Crippen molar-refractivity contribution in [1.29, 1.82) is 5.26 Å². The van der Waals surface area contributed by atoms with Gasteiger partial charge in [0, 0.05) is 30.3 Å². The van der Waals surface area contributed by atoms with Gasteiger partial charge in [0.25, 0.3) is 0 Å². The number of methoxy groups -OCH3 is 2. The highest BCUT2D eigenvalue weighted by Gasteiger charge is 2.17. The summed E-state index contributed by atoms with van der Waals surface area (Å²) in [6, 6.07) is 9.18. The second-order valence-electron chi connectivity index (χ2n) is 8.09. The lowest BCUT2D eigenvalue weighted by atomic mass is 10.1. The summed E-state index contributed by atoms with van der Waals surface area (Å²) < 4.78 is 16.9. The second kappa shape index (κ2) is 11.2. The lowest BCUT2D eigenvalue weighted by molar-refractivity contribution is 0.203. The first-order valence-electron chi connectivity index (χ1n) is 11.4. The first kappa shape index (κ1) is 23.9. The minimum absolute atomic E-state index is 0.352.